The molecule has 0 aliphatic rings. The van der Waals surface area contributed by atoms with Gasteiger partial charge in [-0.15, -0.1) is 5.10 Å². The highest BCUT2D eigenvalue weighted by Gasteiger charge is 2.21. The van der Waals surface area contributed by atoms with Crippen LogP contribution in [0.4, 0.5) is 4.79 Å². The Hall–Kier alpha value is -2.46. The summed E-state index contributed by atoms with van der Waals surface area (Å²) in [5.74, 6) is -0.488. The largest absolute Gasteiger partial charge is 0.332 e. The first-order chi connectivity index (χ1) is 12.4. The molecule has 10 heteroatoms. The maximum Gasteiger partial charge on any atom is 0.315 e. The van der Waals surface area contributed by atoms with Gasteiger partial charge in [0.2, 0.25) is 0 Å². The van der Waals surface area contributed by atoms with Crippen LogP contribution in [0.2, 0.25) is 0 Å². The van der Waals surface area contributed by atoms with Crippen molar-refractivity contribution in [3.63, 3.8) is 0 Å². The number of carbonyl (C=O) groups excluding carboxylic acids is 2. The fraction of sp³-hybridized carbons (Fsp3) is 0.375. The number of carbonyl (C=O) groups is 2. The first kappa shape index (κ1) is 19.9. The Labute approximate surface area is 159 Å². The van der Waals surface area contributed by atoms with E-state index in [9.17, 15) is 9.59 Å². The fourth-order valence-corrected chi connectivity index (χ4v) is 2.52. The Bertz CT molecular complexity index is 747. The SMILES string of the molecule is CC(C)C[C@H](NC(=O)NCc1cn(-c2ccc(Br)cc2)nn1)C(=O)NO. The zero-order valence-corrected chi connectivity index (χ0v) is 16.0. The van der Waals surface area contributed by atoms with E-state index in [-0.39, 0.29) is 12.5 Å². The minimum atomic E-state index is -0.821. The second kappa shape index (κ2) is 9.30. The van der Waals surface area contributed by atoms with E-state index < -0.39 is 18.0 Å². The molecule has 26 heavy (non-hydrogen) atoms. The van der Waals surface area contributed by atoms with Crippen LogP contribution in [0.15, 0.2) is 34.9 Å². The lowest BCUT2D eigenvalue weighted by atomic mass is 10.0. The van der Waals surface area contributed by atoms with Crippen molar-refractivity contribution in [3.05, 3.63) is 40.6 Å². The lowest BCUT2D eigenvalue weighted by Gasteiger charge is -2.18. The number of rotatable bonds is 7. The van der Waals surface area contributed by atoms with Crippen LogP contribution < -0.4 is 16.1 Å². The summed E-state index contributed by atoms with van der Waals surface area (Å²) >= 11 is 3.37. The number of nitrogens with zero attached hydrogens (tertiary/aromatic N) is 3. The Kier molecular flexibility index (Phi) is 7.10. The monoisotopic (exact) mass is 424 g/mol. The third-order valence-corrected chi connectivity index (χ3v) is 4.03. The Morgan fingerprint density at radius 1 is 1.27 bits per heavy atom. The summed E-state index contributed by atoms with van der Waals surface area (Å²) in [6, 6.07) is 6.20. The third-order valence-electron chi connectivity index (χ3n) is 3.50. The van der Waals surface area contributed by atoms with Gasteiger partial charge in [-0.1, -0.05) is 35.0 Å². The van der Waals surface area contributed by atoms with Crippen LogP contribution in [0.25, 0.3) is 5.69 Å². The summed E-state index contributed by atoms with van der Waals surface area (Å²) in [5, 5.41) is 21.9. The maximum absolute atomic E-state index is 12.0. The Morgan fingerprint density at radius 2 is 1.96 bits per heavy atom. The van der Waals surface area contributed by atoms with Crippen molar-refractivity contribution < 1.29 is 14.8 Å². The second-order valence-corrected chi connectivity index (χ2v) is 7.03. The molecular weight excluding hydrogens is 404 g/mol. The average Bonchev–Trinajstić information content (AvgIpc) is 3.08. The summed E-state index contributed by atoms with van der Waals surface area (Å²) in [6.07, 6.45) is 2.11. The highest BCUT2D eigenvalue weighted by atomic mass is 79.9. The first-order valence-electron chi connectivity index (χ1n) is 8.04. The zero-order valence-electron chi connectivity index (χ0n) is 14.4. The van der Waals surface area contributed by atoms with E-state index in [1.807, 2.05) is 38.1 Å². The zero-order chi connectivity index (χ0) is 19.1. The quantitative estimate of drug-likeness (QED) is 0.398. The van der Waals surface area contributed by atoms with Gasteiger partial charge < -0.3 is 10.6 Å². The number of halogens is 1. The van der Waals surface area contributed by atoms with Crippen molar-refractivity contribution in [1.82, 2.24) is 31.1 Å². The summed E-state index contributed by atoms with van der Waals surface area (Å²) in [4.78, 5) is 23.6. The number of hydrogen-bond donors (Lipinski definition) is 4. The standard InChI is InChI=1S/C16H21BrN6O3/c1-10(2)7-14(15(24)21-26)19-16(25)18-8-12-9-23(22-20-12)13-5-3-11(17)4-6-13/h3-6,9-10,14,26H,7-8H2,1-2H3,(H,21,24)(H2,18,19,25)/t14-/m0/s1. The van der Waals surface area contributed by atoms with Crippen molar-refractivity contribution in [1.29, 1.82) is 0 Å². The summed E-state index contributed by atoms with van der Waals surface area (Å²) < 4.78 is 2.56. The number of nitrogens with one attached hydrogen (secondary N) is 3. The van der Waals surface area contributed by atoms with Gasteiger partial charge in [0.15, 0.2) is 0 Å². The van der Waals surface area contributed by atoms with Crippen LogP contribution in [0.5, 0.6) is 0 Å². The molecule has 2 aromatic rings. The highest BCUT2D eigenvalue weighted by molar-refractivity contribution is 9.10. The van der Waals surface area contributed by atoms with Crippen molar-refractivity contribution in [2.24, 2.45) is 5.92 Å². The number of aromatic nitrogens is 3. The smallest absolute Gasteiger partial charge is 0.315 e. The highest BCUT2D eigenvalue weighted by Crippen LogP contribution is 2.13. The van der Waals surface area contributed by atoms with Gasteiger partial charge in [-0.3, -0.25) is 10.0 Å². The molecule has 0 aliphatic heterocycles. The van der Waals surface area contributed by atoms with E-state index in [0.29, 0.717) is 12.1 Å². The molecule has 0 bridgehead atoms. The van der Waals surface area contributed by atoms with Gasteiger partial charge in [-0.2, -0.15) is 0 Å². The lowest BCUT2D eigenvalue weighted by Crippen LogP contribution is -2.49. The van der Waals surface area contributed by atoms with Gasteiger partial charge in [0, 0.05) is 4.47 Å². The molecule has 1 atom stereocenters. The molecule has 1 aromatic carbocycles. The summed E-state index contributed by atoms with van der Waals surface area (Å²) in [6.45, 7) is 3.98. The molecule has 1 heterocycles. The number of hydrogen-bond acceptors (Lipinski definition) is 5. The molecule has 4 N–H and O–H groups in total. The minimum Gasteiger partial charge on any atom is -0.332 e. The normalized spacial score (nSPS) is 11.9. The van der Waals surface area contributed by atoms with E-state index in [0.717, 1.165) is 10.2 Å². The molecular formula is C16H21BrN6O3. The van der Waals surface area contributed by atoms with Crippen LogP contribution >= 0.6 is 15.9 Å². The van der Waals surface area contributed by atoms with E-state index in [2.05, 4.69) is 36.9 Å². The molecule has 0 aliphatic carbocycles. The third kappa shape index (κ3) is 5.81. The fourth-order valence-electron chi connectivity index (χ4n) is 2.26. The molecule has 140 valence electrons. The maximum atomic E-state index is 12.0. The number of hydroxylamine groups is 1. The van der Waals surface area contributed by atoms with Crippen molar-refractivity contribution in [2.75, 3.05) is 0 Å². The van der Waals surface area contributed by atoms with Gasteiger partial charge >= 0.3 is 6.03 Å². The van der Waals surface area contributed by atoms with Crippen LogP contribution in [-0.2, 0) is 11.3 Å². The van der Waals surface area contributed by atoms with Crippen molar-refractivity contribution in [3.8, 4) is 5.69 Å². The molecule has 0 spiro atoms. The van der Waals surface area contributed by atoms with Crippen LogP contribution in [0.3, 0.4) is 0 Å². The topological polar surface area (TPSA) is 121 Å². The van der Waals surface area contributed by atoms with Gasteiger partial charge in [0.05, 0.1) is 18.4 Å². The molecule has 0 radical (unpaired) electrons. The molecule has 0 saturated carbocycles. The van der Waals surface area contributed by atoms with Crippen LogP contribution in [0, 0.1) is 5.92 Å². The van der Waals surface area contributed by atoms with Gasteiger partial charge in [-0.05, 0) is 36.6 Å². The molecule has 0 fully saturated rings. The Morgan fingerprint density at radius 3 is 2.58 bits per heavy atom. The van der Waals surface area contributed by atoms with E-state index in [4.69, 9.17) is 5.21 Å². The number of amides is 3. The van der Waals surface area contributed by atoms with E-state index in [1.54, 1.807) is 16.4 Å². The summed E-state index contributed by atoms with van der Waals surface area (Å²) in [7, 11) is 0. The van der Waals surface area contributed by atoms with Crippen LogP contribution in [0.1, 0.15) is 26.0 Å². The first-order valence-corrected chi connectivity index (χ1v) is 8.83. The molecule has 2 rings (SSSR count). The predicted octanol–water partition coefficient (Wildman–Crippen LogP) is 1.75. The number of urea groups is 1. The predicted molar refractivity (Wildman–Crippen MR) is 97.6 cm³/mol. The van der Waals surface area contributed by atoms with Crippen molar-refractivity contribution >= 4 is 27.9 Å². The molecule has 0 unspecified atom stereocenters. The van der Waals surface area contributed by atoms with Crippen LogP contribution in [-0.4, -0.2) is 38.2 Å². The lowest BCUT2D eigenvalue weighted by molar-refractivity contribution is -0.131. The van der Waals surface area contributed by atoms with E-state index in [1.165, 1.54) is 0 Å². The molecule has 3 amide bonds. The van der Waals surface area contributed by atoms with Gasteiger partial charge in [0.1, 0.15) is 11.7 Å². The molecule has 0 saturated heterocycles. The minimum absolute atomic E-state index is 0.150. The molecule has 9 nitrogen and oxygen atoms in total. The van der Waals surface area contributed by atoms with Crippen molar-refractivity contribution in [2.45, 2.75) is 32.9 Å². The van der Waals surface area contributed by atoms with E-state index >= 15 is 0 Å². The van der Waals surface area contributed by atoms with Gasteiger partial charge in [0.25, 0.3) is 5.91 Å². The molecule has 1 aromatic heterocycles. The summed E-state index contributed by atoms with van der Waals surface area (Å²) in [5.41, 5.74) is 2.97. The average molecular weight is 425 g/mol. The van der Waals surface area contributed by atoms with Gasteiger partial charge in [-0.25, -0.2) is 15.0 Å². The Balaban J connectivity index is 1.90. The second-order valence-electron chi connectivity index (χ2n) is 6.12. The number of benzene rings is 1.